The van der Waals surface area contributed by atoms with Crippen LogP contribution in [0.3, 0.4) is 0 Å². The molecule has 1 aliphatic rings. The van der Waals surface area contributed by atoms with Gasteiger partial charge in [0.2, 0.25) is 5.91 Å². The quantitative estimate of drug-likeness (QED) is 0.636. The van der Waals surface area contributed by atoms with Crippen molar-refractivity contribution in [3.05, 3.63) is 28.2 Å². The molecule has 1 heterocycles. The van der Waals surface area contributed by atoms with Crippen molar-refractivity contribution in [2.24, 2.45) is 0 Å². The summed E-state index contributed by atoms with van der Waals surface area (Å²) in [5.74, 6) is -0.179. The number of carboxylic acids is 1. The first-order chi connectivity index (χ1) is 11.1. The number of hydrogen-bond donors (Lipinski definition) is 2. The Labute approximate surface area is 143 Å². The third-order valence-electron chi connectivity index (χ3n) is 3.64. The Morgan fingerprint density at radius 3 is 2.96 bits per heavy atom. The average Bonchev–Trinajstić information content (AvgIpc) is 2.91. The standard InChI is InChI=1S/C16H21BrN2O4/c17-13-4-5-14(23-11-16(21)22)12(9-13)10-18-6-2-8-19-7-1-3-15(19)20/h4-5,9,18H,1-3,6-8,10-11H2,(H,21,22). The highest BCUT2D eigenvalue weighted by Gasteiger charge is 2.18. The molecule has 0 spiro atoms. The predicted molar refractivity (Wildman–Crippen MR) is 89.4 cm³/mol. The Hall–Kier alpha value is -1.60. The molecule has 0 aliphatic carbocycles. The zero-order valence-corrected chi connectivity index (χ0v) is 14.5. The van der Waals surface area contributed by atoms with E-state index in [0.717, 1.165) is 42.5 Å². The van der Waals surface area contributed by atoms with Crippen LogP contribution in [0.1, 0.15) is 24.8 Å². The lowest BCUT2D eigenvalue weighted by molar-refractivity contribution is -0.139. The van der Waals surface area contributed by atoms with E-state index in [9.17, 15) is 9.59 Å². The first-order valence-electron chi connectivity index (χ1n) is 7.68. The highest BCUT2D eigenvalue weighted by atomic mass is 79.9. The van der Waals surface area contributed by atoms with Gasteiger partial charge >= 0.3 is 5.97 Å². The van der Waals surface area contributed by atoms with Gasteiger partial charge in [-0.3, -0.25) is 4.79 Å². The van der Waals surface area contributed by atoms with Crippen molar-refractivity contribution >= 4 is 27.8 Å². The third kappa shape index (κ3) is 5.84. The van der Waals surface area contributed by atoms with Crippen molar-refractivity contribution in [1.82, 2.24) is 10.2 Å². The minimum atomic E-state index is -0.998. The number of carbonyl (C=O) groups is 2. The van der Waals surface area contributed by atoms with E-state index in [0.29, 0.717) is 18.7 Å². The fourth-order valence-electron chi connectivity index (χ4n) is 2.52. The van der Waals surface area contributed by atoms with Crippen molar-refractivity contribution in [3.63, 3.8) is 0 Å². The first-order valence-corrected chi connectivity index (χ1v) is 8.47. The van der Waals surface area contributed by atoms with E-state index in [-0.39, 0.29) is 12.5 Å². The number of amides is 1. The maximum atomic E-state index is 11.5. The first kappa shape index (κ1) is 17.7. The molecular weight excluding hydrogens is 364 g/mol. The van der Waals surface area contributed by atoms with Crippen LogP contribution in [0.2, 0.25) is 0 Å². The fourth-order valence-corrected chi connectivity index (χ4v) is 2.93. The lowest BCUT2D eigenvalue weighted by Gasteiger charge is -2.16. The van der Waals surface area contributed by atoms with Crippen LogP contribution in [0.25, 0.3) is 0 Å². The van der Waals surface area contributed by atoms with E-state index < -0.39 is 5.97 Å². The molecule has 2 rings (SSSR count). The monoisotopic (exact) mass is 384 g/mol. The molecule has 1 amide bonds. The highest BCUT2D eigenvalue weighted by Crippen LogP contribution is 2.23. The zero-order valence-electron chi connectivity index (χ0n) is 12.9. The molecule has 0 unspecified atom stereocenters. The van der Waals surface area contributed by atoms with Crippen molar-refractivity contribution in [2.45, 2.75) is 25.8 Å². The van der Waals surface area contributed by atoms with Gasteiger partial charge in [-0.05, 0) is 37.6 Å². The van der Waals surface area contributed by atoms with Gasteiger partial charge in [0.25, 0.3) is 0 Å². The number of halogens is 1. The van der Waals surface area contributed by atoms with Gasteiger partial charge in [-0.15, -0.1) is 0 Å². The van der Waals surface area contributed by atoms with Crippen LogP contribution in [-0.2, 0) is 16.1 Å². The minimum absolute atomic E-state index is 0.251. The molecular formula is C16H21BrN2O4. The maximum absolute atomic E-state index is 11.5. The second-order valence-corrected chi connectivity index (χ2v) is 6.36. The predicted octanol–water partition coefficient (Wildman–Crippen LogP) is 2.01. The molecule has 126 valence electrons. The number of aliphatic carboxylic acids is 1. The number of ether oxygens (including phenoxy) is 1. The Balaban J connectivity index is 1.76. The molecule has 1 aromatic rings. The smallest absolute Gasteiger partial charge is 0.341 e. The number of carboxylic acid groups (broad SMARTS) is 1. The Morgan fingerprint density at radius 1 is 1.43 bits per heavy atom. The van der Waals surface area contributed by atoms with Crippen molar-refractivity contribution in [3.8, 4) is 5.75 Å². The van der Waals surface area contributed by atoms with E-state index in [4.69, 9.17) is 9.84 Å². The minimum Gasteiger partial charge on any atom is -0.482 e. The highest BCUT2D eigenvalue weighted by molar-refractivity contribution is 9.10. The van der Waals surface area contributed by atoms with Crippen LogP contribution >= 0.6 is 15.9 Å². The number of likely N-dealkylation sites (tertiary alicyclic amines) is 1. The van der Waals surface area contributed by atoms with E-state index >= 15 is 0 Å². The number of nitrogens with zero attached hydrogens (tertiary/aromatic N) is 1. The lowest BCUT2D eigenvalue weighted by atomic mass is 10.2. The third-order valence-corrected chi connectivity index (χ3v) is 4.14. The van der Waals surface area contributed by atoms with Gasteiger partial charge in [0.15, 0.2) is 6.61 Å². The number of carbonyl (C=O) groups excluding carboxylic acids is 1. The summed E-state index contributed by atoms with van der Waals surface area (Å²) in [6.45, 7) is 2.67. The van der Waals surface area contributed by atoms with Crippen LogP contribution < -0.4 is 10.1 Å². The lowest BCUT2D eigenvalue weighted by Crippen LogP contribution is -2.28. The van der Waals surface area contributed by atoms with Gasteiger partial charge in [-0.1, -0.05) is 15.9 Å². The van der Waals surface area contributed by atoms with Gasteiger partial charge in [-0.25, -0.2) is 4.79 Å². The molecule has 6 nitrogen and oxygen atoms in total. The molecule has 1 fully saturated rings. The van der Waals surface area contributed by atoms with E-state index in [1.165, 1.54) is 0 Å². The van der Waals surface area contributed by atoms with Crippen molar-refractivity contribution < 1.29 is 19.4 Å². The molecule has 0 atom stereocenters. The van der Waals surface area contributed by atoms with Crippen LogP contribution in [0, 0.1) is 0 Å². The summed E-state index contributed by atoms with van der Waals surface area (Å²) in [6, 6.07) is 5.49. The summed E-state index contributed by atoms with van der Waals surface area (Å²) in [7, 11) is 0. The topological polar surface area (TPSA) is 78.9 Å². The fraction of sp³-hybridized carbons (Fsp3) is 0.500. The molecule has 2 N–H and O–H groups in total. The summed E-state index contributed by atoms with van der Waals surface area (Å²) >= 11 is 3.41. The van der Waals surface area contributed by atoms with Crippen molar-refractivity contribution in [2.75, 3.05) is 26.2 Å². The van der Waals surface area contributed by atoms with Crippen LogP contribution in [0.5, 0.6) is 5.75 Å². The second kappa shape index (κ2) is 8.88. The molecule has 23 heavy (non-hydrogen) atoms. The van der Waals surface area contributed by atoms with Crippen LogP contribution in [-0.4, -0.2) is 48.1 Å². The molecule has 0 saturated carbocycles. The largest absolute Gasteiger partial charge is 0.482 e. The number of hydrogen-bond acceptors (Lipinski definition) is 4. The van der Waals surface area contributed by atoms with Gasteiger partial charge in [0.05, 0.1) is 0 Å². The summed E-state index contributed by atoms with van der Waals surface area (Å²) < 4.78 is 6.21. The normalized spacial score (nSPS) is 14.3. The zero-order chi connectivity index (χ0) is 16.7. The van der Waals surface area contributed by atoms with Gasteiger partial charge in [-0.2, -0.15) is 0 Å². The molecule has 1 aliphatic heterocycles. The number of nitrogens with one attached hydrogen (secondary N) is 1. The number of benzene rings is 1. The van der Waals surface area contributed by atoms with Crippen LogP contribution in [0.4, 0.5) is 0 Å². The van der Waals surface area contributed by atoms with Crippen molar-refractivity contribution in [1.29, 1.82) is 0 Å². The maximum Gasteiger partial charge on any atom is 0.341 e. The van der Waals surface area contributed by atoms with Gasteiger partial charge in [0, 0.05) is 36.1 Å². The van der Waals surface area contributed by atoms with Crippen LogP contribution in [0.15, 0.2) is 22.7 Å². The SMILES string of the molecule is O=C(O)COc1ccc(Br)cc1CNCCCN1CCCC1=O. The molecule has 0 aromatic heterocycles. The summed E-state index contributed by atoms with van der Waals surface area (Å²) in [5, 5.41) is 12.0. The summed E-state index contributed by atoms with van der Waals surface area (Å²) in [4.78, 5) is 24.0. The molecule has 7 heteroatoms. The molecule has 1 aromatic carbocycles. The molecule has 1 saturated heterocycles. The van der Waals surface area contributed by atoms with Gasteiger partial charge in [0.1, 0.15) is 5.75 Å². The molecule has 0 bridgehead atoms. The summed E-state index contributed by atoms with van der Waals surface area (Å²) in [6.07, 6.45) is 2.54. The van der Waals surface area contributed by atoms with E-state index in [2.05, 4.69) is 21.2 Å². The summed E-state index contributed by atoms with van der Waals surface area (Å²) in [5.41, 5.74) is 0.901. The van der Waals surface area contributed by atoms with E-state index in [1.54, 1.807) is 6.07 Å². The number of rotatable bonds is 9. The Bertz CT molecular complexity index is 565. The molecule has 0 radical (unpaired) electrons. The Morgan fingerprint density at radius 2 is 2.26 bits per heavy atom. The average molecular weight is 385 g/mol. The van der Waals surface area contributed by atoms with Gasteiger partial charge < -0.3 is 20.1 Å². The van der Waals surface area contributed by atoms with E-state index in [1.807, 2.05) is 17.0 Å². The second-order valence-electron chi connectivity index (χ2n) is 5.45. The Kier molecular flexibility index (Phi) is 6.85.